The summed E-state index contributed by atoms with van der Waals surface area (Å²) < 4.78 is 5.35. The Morgan fingerprint density at radius 3 is 2.64 bits per heavy atom. The lowest BCUT2D eigenvalue weighted by molar-refractivity contribution is 0.112. The second-order valence-corrected chi connectivity index (χ2v) is 8.34. The highest BCUT2D eigenvalue weighted by atomic mass is 16.5. The van der Waals surface area contributed by atoms with Crippen LogP contribution >= 0.6 is 0 Å². The molecule has 0 N–H and O–H groups in total. The number of benzene rings is 1. The second kappa shape index (κ2) is 9.46. The molecular formula is C27H27N5O. The molecule has 6 heteroatoms. The van der Waals surface area contributed by atoms with Gasteiger partial charge in [0.25, 0.3) is 0 Å². The van der Waals surface area contributed by atoms with Gasteiger partial charge in [-0.05, 0) is 23.8 Å². The van der Waals surface area contributed by atoms with E-state index in [1.165, 1.54) is 5.56 Å². The number of aliphatic imine (C=N–C) groups is 3. The minimum atomic E-state index is -0.139. The van der Waals surface area contributed by atoms with Crippen LogP contribution in [0.2, 0.25) is 0 Å². The first kappa shape index (κ1) is 21.2. The van der Waals surface area contributed by atoms with Crippen LogP contribution in [0.5, 0.6) is 0 Å². The molecule has 5 rings (SSSR count). The minimum absolute atomic E-state index is 0.0303. The SMILES string of the molecule is COC1CC=C(C2=NC3=CC=CC(c4ccccc4)C3C(N(C)Cc3ccccn3)=N2)C=N1. The molecule has 3 aliphatic rings. The summed E-state index contributed by atoms with van der Waals surface area (Å²) in [6, 6.07) is 16.6. The van der Waals surface area contributed by atoms with E-state index in [-0.39, 0.29) is 18.1 Å². The zero-order valence-corrected chi connectivity index (χ0v) is 18.9. The highest BCUT2D eigenvalue weighted by Crippen LogP contribution is 2.39. The zero-order valence-electron chi connectivity index (χ0n) is 18.9. The molecule has 2 aromatic rings. The summed E-state index contributed by atoms with van der Waals surface area (Å²) >= 11 is 0. The molecule has 2 aliphatic heterocycles. The van der Waals surface area contributed by atoms with Crippen molar-refractivity contribution in [1.29, 1.82) is 0 Å². The fraction of sp³-hybridized carbons (Fsp3) is 0.259. The Kier molecular flexibility index (Phi) is 6.09. The van der Waals surface area contributed by atoms with Crippen LogP contribution in [0.3, 0.4) is 0 Å². The zero-order chi connectivity index (χ0) is 22.6. The Labute approximate surface area is 194 Å². The number of dihydropyridines is 1. The molecule has 0 spiro atoms. The maximum Gasteiger partial charge on any atom is 0.162 e. The van der Waals surface area contributed by atoms with E-state index in [1.807, 2.05) is 36.7 Å². The van der Waals surface area contributed by atoms with Gasteiger partial charge in [0.1, 0.15) is 5.84 Å². The van der Waals surface area contributed by atoms with E-state index in [2.05, 4.69) is 70.5 Å². The lowest BCUT2D eigenvalue weighted by atomic mass is 9.79. The number of rotatable bonds is 5. The van der Waals surface area contributed by atoms with E-state index in [4.69, 9.17) is 14.7 Å². The van der Waals surface area contributed by atoms with Crippen LogP contribution in [-0.4, -0.2) is 48.2 Å². The molecule has 33 heavy (non-hydrogen) atoms. The van der Waals surface area contributed by atoms with Crippen LogP contribution in [0.25, 0.3) is 0 Å². The van der Waals surface area contributed by atoms with Crippen LogP contribution in [0.1, 0.15) is 23.6 Å². The van der Waals surface area contributed by atoms with Crippen LogP contribution in [-0.2, 0) is 11.3 Å². The molecule has 1 aromatic carbocycles. The molecule has 3 unspecified atom stereocenters. The largest absolute Gasteiger partial charge is 0.359 e. The van der Waals surface area contributed by atoms with Gasteiger partial charge < -0.3 is 9.64 Å². The number of ether oxygens (including phenoxy) is 1. The maximum atomic E-state index is 5.35. The van der Waals surface area contributed by atoms with Gasteiger partial charge in [0.15, 0.2) is 12.1 Å². The Bertz CT molecular complexity index is 1180. The molecular weight excluding hydrogens is 410 g/mol. The predicted octanol–water partition coefficient (Wildman–Crippen LogP) is 4.55. The number of hydrogen-bond donors (Lipinski definition) is 0. The lowest BCUT2D eigenvalue weighted by Gasteiger charge is -2.36. The maximum absolute atomic E-state index is 5.35. The highest BCUT2D eigenvalue weighted by Gasteiger charge is 2.36. The normalized spacial score (nSPS) is 23.8. The van der Waals surface area contributed by atoms with Crippen LogP contribution in [0, 0.1) is 5.92 Å². The van der Waals surface area contributed by atoms with E-state index in [0.29, 0.717) is 18.8 Å². The second-order valence-electron chi connectivity index (χ2n) is 8.34. The van der Waals surface area contributed by atoms with Crippen LogP contribution < -0.4 is 0 Å². The minimum Gasteiger partial charge on any atom is -0.359 e. The first-order valence-corrected chi connectivity index (χ1v) is 11.2. The van der Waals surface area contributed by atoms with Gasteiger partial charge in [0, 0.05) is 44.5 Å². The summed E-state index contributed by atoms with van der Waals surface area (Å²) in [5, 5.41) is 0. The van der Waals surface area contributed by atoms with Gasteiger partial charge in [-0.3, -0.25) is 9.98 Å². The Morgan fingerprint density at radius 2 is 1.91 bits per heavy atom. The fourth-order valence-electron chi connectivity index (χ4n) is 4.45. The van der Waals surface area contributed by atoms with Crippen LogP contribution in [0.4, 0.5) is 0 Å². The van der Waals surface area contributed by atoms with Gasteiger partial charge in [-0.25, -0.2) is 9.98 Å². The lowest BCUT2D eigenvalue weighted by Crippen LogP contribution is -2.40. The predicted molar refractivity (Wildman–Crippen MR) is 132 cm³/mol. The van der Waals surface area contributed by atoms with E-state index < -0.39 is 0 Å². The van der Waals surface area contributed by atoms with Gasteiger partial charge in [0.05, 0.1) is 23.9 Å². The van der Waals surface area contributed by atoms with Crippen molar-refractivity contribution in [1.82, 2.24) is 9.88 Å². The smallest absolute Gasteiger partial charge is 0.162 e. The Morgan fingerprint density at radius 1 is 1.06 bits per heavy atom. The van der Waals surface area contributed by atoms with E-state index in [0.717, 1.165) is 22.8 Å². The van der Waals surface area contributed by atoms with Crippen molar-refractivity contribution in [3.05, 3.63) is 102 Å². The summed E-state index contributed by atoms with van der Waals surface area (Å²) in [5.41, 5.74) is 4.20. The van der Waals surface area contributed by atoms with E-state index in [9.17, 15) is 0 Å². The summed E-state index contributed by atoms with van der Waals surface area (Å²) in [6.45, 7) is 0.668. The molecule has 1 aliphatic carbocycles. The Hall–Kier alpha value is -3.64. The number of aromatic nitrogens is 1. The number of allylic oxidation sites excluding steroid dienone is 3. The average molecular weight is 438 g/mol. The first-order valence-electron chi connectivity index (χ1n) is 11.2. The number of methoxy groups -OCH3 is 1. The fourth-order valence-corrected chi connectivity index (χ4v) is 4.45. The molecule has 3 atom stereocenters. The molecule has 166 valence electrons. The van der Waals surface area contributed by atoms with E-state index in [1.54, 1.807) is 7.11 Å². The molecule has 0 saturated heterocycles. The third-order valence-electron chi connectivity index (χ3n) is 6.15. The molecule has 1 aromatic heterocycles. The number of amidine groups is 2. The number of pyridine rings is 1. The summed E-state index contributed by atoms with van der Waals surface area (Å²) in [6.07, 6.45) is 12.8. The van der Waals surface area contributed by atoms with Crippen molar-refractivity contribution in [2.75, 3.05) is 14.2 Å². The van der Waals surface area contributed by atoms with Gasteiger partial charge in [-0.2, -0.15) is 0 Å². The average Bonchev–Trinajstić information content (AvgIpc) is 2.88. The van der Waals surface area contributed by atoms with Gasteiger partial charge in [0.2, 0.25) is 0 Å². The molecule has 6 nitrogen and oxygen atoms in total. The van der Waals surface area contributed by atoms with Crippen molar-refractivity contribution in [2.24, 2.45) is 20.9 Å². The summed E-state index contributed by atoms with van der Waals surface area (Å²) in [4.78, 5) is 21.3. The number of fused-ring (bicyclic) bond motifs is 1. The molecule has 0 radical (unpaired) electrons. The topological polar surface area (TPSA) is 62.4 Å². The van der Waals surface area contributed by atoms with Gasteiger partial charge in [-0.15, -0.1) is 0 Å². The van der Waals surface area contributed by atoms with Crippen molar-refractivity contribution >= 4 is 17.9 Å². The summed E-state index contributed by atoms with van der Waals surface area (Å²) in [7, 11) is 3.76. The molecule has 0 fully saturated rings. The highest BCUT2D eigenvalue weighted by molar-refractivity contribution is 6.20. The molecule has 0 saturated carbocycles. The standard InChI is InChI=1S/C27H27N5O/c1-32(18-21-11-6-7-16-28-21)27-25-22(19-9-4-3-5-10-19)12-8-13-23(25)30-26(31-27)20-14-15-24(33-2)29-17-20/h3-14,16-17,22,24-25H,15,18H2,1-2H3. The van der Waals surface area contributed by atoms with Gasteiger partial charge >= 0.3 is 0 Å². The first-order chi connectivity index (χ1) is 16.2. The third-order valence-corrected chi connectivity index (χ3v) is 6.15. The quantitative estimate of drug-likeness (QED) is 0.689. The van der Waals surface area contributed by atoms with Crippen molar-refractivity contribution in [3.63, 3.8) is 0 Å². The number of hydrogen-bond acceptors (Lipinski definition) is 6. The van der Waals surface area contributed by atoms with Crippen molar-refractivity contribution in [2.45, 2.75) is 25.1 Å². The van der Waals surface area contributed by atoms with Gasteiger partial charge in [-0.1, -0.05) is 54.6 Å². The van der Waals surface area contributed by atoms with Crippen molar-refractivity contribution < 1.29 is 4.74 Å². The monoisotopic (exact) mass is 437 g/mol. The Balaban J connectivity index is 1.53. The molecule has 3 heterocycles. The molecule has 0 bridgehead atoms. The molecule has 0 amide bonds. The summed E-state index contributed by atoms with van der Waals surface area (Å²) in [5.74, 6) is 1.87. The third kappa shape index (κ3) is 4.47. The number of nitrogens with zero attached hydrogens (tertiary/aromatic N) is 5. The van der Waals surface area contributed by atoms with Crippen LogP contribution in [0.15, 0.2) is 105 Å². The van der Waals surface area contributed by atoms with E-state index >= 15 is 0 Å². The van der Waals surface area contributed by atoms with Crippen molar-refractivity contribution in [3.8, 4) is 0 Å².